The van der Waals surface area contributed by atoms with Gasteiger partial charge in [-0.3, -0.25) is 9.69 Å². The largest absolute Gasteiger partial charge is 0.437 e. The summed E-state index contributed by atoms with van der Waals surface area (Å²) in [6, 6.07) is 8.30. The number of aromatic nitrogens is 1. The Bertz CT molecular complexity index is 798. The highest BCUT2D eigenvalue weighted by atomic mass is 79.9. The van der Waals surface area contributed by atoms with Gasteiger partial charge in [-0.05, 0) is 73.1 Å². The number of nitrogens with zero attached hydrogens (tertiary/aromatic N) is 2. The zero-order valence-corrected chi connectivity index (χ0v) is 16.3. The lowest BCUT2D eigenvalue weighted by molar-refractivity contribution is 0.0936. The number of hydrogen-bond donors (Lipinski definition) is 1. The van der Waals surface area contributed by atoms with Gasteiger partial charge < -0.3 is 10.1 Å². The number of benzene rings is 1. The first-order chi connectivity index (χ1) is 12.5. The van der Waals surface area contributed by atoms with E-state index in [9.17, 15) is 9.18 Å². The van der Waals surface area contributed by atoms with Crippen LogP contribution in [0.4, 0.5) is 4.39 Å². The third-order valence-corrected chi connectivity index (χ3v) is 5.11. The smallest absolute Gasteiger partial charge is 0.256 e. The standard InChI is InChI=1S/C19H21BrFN3O2/c1-12(24(2)14-6-7-14)11-23-18(25)15-4-3-9-22-19(15)26-17-8-5-13(21)10-16(17)20/h3-5,8-10,12,14H,6-7,11H2,1-2H3,(H,23,25). The molecular weight excluding hydrogens is 401 g/mol. The van der Waals surface area contributed by atoms with Crippen LogP contribution in [0.25, 0.3) is 0 Å². The number of ether oxygens (including phenoxy) is 1. The molecular formula is C19H21BrFN3O2. The fourth-order valence-electron chi connectivity index (χ4n) is 2.63. The number of rotatable bonds is 7. The first-order valence-corrected chi connectivity index (χ1v) is 9.33. The third kappa shape index (κ3) is 4.59. The summed E-state index contributed by atoms with van der Waals surface area (Å²) in [5, 5.41) is 2.94. The molecule has 1 atom stereocenters. The van der Waals surface area contributed by atoms with Crippen LogP contribution in [0.15, 0.2) is 41.0 Å². The second-order valence-electron chi connectivity index (χ2n) is 6.49. The van der Waals surface area contributed by atoms with Gasteiger partial charge in [0.1, 0.15) is 17.1 Å². The van der Waals surface area contributed by atoms with E-state index < -0.39 is 0 Å². The van der Waals surface area contributed by atoms with Crippen molar-refractivity contribution in [2.75, 3.05) is 13.6 Å². The minimum atomic E-state index is -0.378. The average Bonchev–Trinajstić information content (AvgIpc) is 3.46. The zero-order valence-electron chi connectivity index (χ0n) is 14.7. The lowest BCUT2D eigenvalue weighted by Gasteiger charge is -2.24. The monoisotopic (exact) mass is 421 g/mol. The van der Waals surface area contributed by atoms with Gasteiger partial charge in [0.25, 0.3) is 5.91 Å². The molecule has 5 nitrogen and oxygen atoms in total. The summed E-state index contributed by atoms with van der Waals surface area (Å²) in [6.45, 7) is 2.63. The predicted octanol–water partition coefficient (Wildman–Crippen LogP) is 3.99. The molecule has 1 heterocycles. The van der Waals surface area contributed by atoms with E-state index in [1.54, 1.807) is 18.3 Å². The van der Waals surface area contributed by atoms with Crippen molar-refractivity contribution >= 4 is 21.8 Å². The number of hydrogen-bond acceptors (Lipinski definition) is 4. The van der Waals surface area contributed by atoms with Gasteiger partial charge in [-0.15, -0.1) is 0 Å². The molecule has 0 saturated heterocycles. The molecule has 1 aromatic carbocycles. The van der Waals surface area contributed by atoms with E-state index in [1.807, 2.05) is 0 Å². The second kappa shape index (κ2) is 8.14. The number of nitrogens with one attached hydrogen (secondary N) is 1. The Morgan fingerprint density at radius 3 is 2.92 bits per heavy atom. The summed E-state index contributed by atoms with van der Waals surface area (Å²) in [7, 11) is 2.08. The van der Waals surface area contributed by atoms with Crippen molar-refractivity contribution in [1.29, 1.82) is 0 Å². The normalized spacial score (nSPS) is 15.0. The molecule has 3 rings (SSSR count). The van der Waals surface area contributed by atoms with Crippen LogP contribution in [-0.4, -0.2) is 41.5 Å². The van der Waals surface area contributed by atoms with E-state index in [2.05, 4.69) is 45.1 Å². The van der Waals surface area contributed by atoms with E-state index in [-0.39, 0.29) is 23.6 Å². The molecule has 1 aliphatic carbocycles. The molecule has 7 heteroatoms. The average molecular weight is 422 g/mol. The highest BCUT2D eigenvalue weighted by molar-refractivity contribution is 9.10. The van der Waals surface area contributed by atoms with Crippen molar-refractivity contribution in [1.82, 2.24) is 15.2 Å². The summed E-state index contributed by atoms with van der Waals surface area (Å²) in [5.74, 6) is -0.0548. The molecule has 0 radical (unpaired) electrons. The Hall–Kier alpha value is -1.99. The Morgan fingerprint density at radius 1 is 1.46 bits per heavy atom. The fraction of sp³-hybridized carbons (Fsp3) is 0.368. The summed E-state index contributed by atoms with van der Waals surface area (Å²) in [6.07, 6.45) is 4.00. The molecule has 1 amide bonds. The molecule has 1 fully saturated rings. The van der Waals surface area contributed by atoms with Crippen LogP contribution in [0, 0.1) is 5.82 Å². The van der Waals surface area contributed by atoms with Crippen molar-refractivity contribution in [2.24, 2.45) is 0 Å². The highest BCUT2D eigenvalue weighted by Gasteiger charge is 2.29. The molecule has 1 aliphatic rings. The molecule has 0 aliphatic heterocycles. The number of amides is 1. The molecule has 138 valence electrons. The molecule has 26 heavy (non-hydrogen) atoms. The Balaban J connectivity index is 1.68. The molecule has 1 aromatic heterocycles. The summed E-state index contributed by atoms with van der Waals surface area (Å²) >= 11 is 3.25. The molecule has 1 saturated carbocycles. The van der Waals surface area contributed by atoms with E-state index in [4.69, 9.17) is 4.74 Å². The van der Waals surface area contributed by atoms with E-state index in [1.165, 1.54) is 31.0 Å². The van der Waals surface area contributed by atoms with Crippen LogP contribution in [0.1, 0.15) is 30.1 Å². The maximum Gasteiger partial charge on any atom is 0.256 e. The van der Waals surface area contributed by atoms with Gasteiger partial charge in [0, 0.05) is 24.8 Å². The van der Waals surface area contributed by atoms with Crippen LogP contribution >= 0.6 is 15.9 Å². The van der Waals surface area contributed by atoms with Crippen molar-refractivity contribution in [3.05, 3.63) is 52.4 Å². The van der Waals surface area contributed by atoms with E-state index >= 15 is 0 Å². The second-order valence-corrected chi connectivity index (χ2v) is 7.34. The molecule has 1 N–H and O–H groups in total. The number of carbonyl (C=O) groups is 1. The van der Waals surface area contributed by atoms with Gasteiger partial charge in [0.2, 0.25) is 5.88 Å². The van der Waals surface area contributed by atoms with Gasteiger partial charge in [0.05, 0.1) is 4.47 Å². The number of halogens is 2. The zero-order chi connectivity index (χ0) is 18.7. The van der Waals surface area contributed by atoms with Crippen molar-refractivity contribution < 1.29 is 13.9 Å². The first kappa shape index (κ1) is 18.8. The minimum Gasteiger partial charge on any atom is -0.437 e. The summed E-state index contributed by atoms with van der Waals surface area (Å²) in [5.41, 5.74) is 0.338. The van der Waals surface area contributed by atoms with E-state index in [0.29, 0.717) is 28.4 Å². The number of likely N-dealkylation sites (N-methyl/N-ethyl adjacent to an activating group) is 1. The quantitative estimate of drug-likeness (QED) is 0.734. The van der Waals surface area contributed by atoms with Gasteiger partial charge in [-0.25, -0.2) is 9.37 Å². The SMILES string of the molecule is CC(CNC(=O)c1cccnc1Oc1ccc(F)cc1Br)N(C)C1CC1. The topological polar surface area (TPSA) is 54.5 Å². The van der Waals surface area contributed by atoms with Crippen molar-refractivity contribution in [2.45, 2.75) is 31.8 Å². The van der Waals surface area contributed by atoms with E-state index in [0.717, 1.165) is 0 Å². The summed E-state index contributed by atoms with van der Waals surface area (Å²) in [4.78, 5) is 19.0. The van der Waals surface area contributed by atoms with Crippen LogP contribution in [-0.2, 0) is 0 Å². The molecule has 2 aromatic rings. The number of pyridine rings is 1. The Labute approximate surface area is 160 Å². The Morgan fingerprint density at radius 2 is 2.23 bits per heavy atom. The highest BCUT2D eigenvalue weighted by Crippen LogP contribution is 2.31. The number of carbonyl (C=O) groups excluding carboxylic acids is 1. The van der Waals surface area contributed by atoms with Crippen LogP contribution < -0.4 is 10.1 Å². The van der Waals surface area contributed by atoms with Gasteiger partial charge in [0.15, 0.2) is 0 Å². The molecule has 0 spiro atoms. The van der Waals surface area contributed by atoms with Crippen LogP contribution in [0.5, 0.6) is 11.6 Å². The van der Waals surface area contributed by atoms with Crippen LogP contribution in [0.3, 0.4) is 0 Å². The predicted molar refractivity (Wildman–Crippen MR) is 101 cm³/mol. The minimum absolute atomic E-state index is 0.181. The first-order valence-electron chi connectivity index (χ1n) is 8.53. The lowest BCUT2D eigenvalue weighted by Crippen LogP contribution is -2.41. The van der Waals surface area contributed by atoms with Crippen molar-refractivity contribution in [3.8, 4) is 11.6 Å². The maximum absolute atomic E-state index is 13.2. The lowest BCUT2D eigenvalue weighted by atomic mass is 10.2. The third-order valence-electron chi connectivity index (χ3n) is 4.49. The molecule has 0 bridgehead atoms. The Kier molecular flexibility index (Phi) is 5.88. The maximum atomic E-state index is 13.2. The fourth-order valence-corrected chi connectivity index (χ4v) is 3.06. The molecule has 1 unspecified atom stereocenters. The van der Waals surface area contributed by atoms with Gasteiger partial charge >= 0.3 is 0 Å². The van der Waals surface area contributed by atoms with Gasteiger partial charge in [-0.2, -0.15) is 0 Å². The van der Waals surface area contributed by atoms with Crippen LogP contribution in [0.2, 0.25) is 0 Å². The summed E-state index contributed by atoms with van der Waals surface area (Å²) < 4.78 is 19.4. The van der Waals surface area contributed by atoms with Crippen molar-refractivity contribution in [3.63, 3.8) is 0 Å². The van der Waals surface area contributed by atoms with Gasteiger partial charge in [-0.1, -0.05) is 0 Å².